The van der Waals surface area contributed by atoms with E-state index in [2.05, 4.69) is 6.58 Å². The van der Waals surface area contributed by atoms with Crippen molar-refractivity contribution in [2.24, 2.45) is 17.8 Å². The number of hydrogen-bond donors (Lipinski definition) is 2. The van der Waals surface area contributed by atoms with Gasteiger partial charge in [0, 0.05) is 23.5 Å². The van der Waals surface area contributed by atoms with Gasteiger partial charge in [0.05, 0.1) is 13.2 Å². The number of carbonyl (C=O) groups is 2. The average Bonchev–Trinajstić information content (AvgIpc) is 2.83. The van der Waals surface area contributed by atoms with Crippen molar-refractivity contribution in [1.82, 2.24) is 0 Å². The number of allylic oxidation sites excluding steroid dienone is 1. The van der Waals surface area contributed by atoms with Gasteiger partial charge < -0.3 is 19.7 Å². The van der Waals surface area contributed by atoms with Crippen molar-refractivity contribution in [2.75, 3.05) is 13.2 Å². The summed E-state index contributed by atoms with van der Waals surface area (Å²) in [6, 6.07) is 0. The van der Waals surface area contributed by atoms with E-state index in [-0.39, 0.29) is 30.6 Å². The van der Waals surface area contributed by atoms with Gasteiger partial charge in [-0.15, -0.1) is 0 Å². The summed E-state index contributed by atoms with van der Waals surface area (Å²) in [7, 11) is 0. The van der Waals surface area contributed by atoms with Gasteiger partial charge in [-0.3, -0.25) is 0 Å². The Bertz CT molecular complexity index is 646. The molecule has 2 aliphatic carbocycles. The molecule has 0 spiro atoms. The van der Waals surface area contributed by atoms with Crippen LogP contribution in [0.15, 0.2) is 23.3 Å². The molecule has 0 aliphatic heterocycles. The molecule has 2 fully saturated rings. The molecule has 2 aliphatic rings. The highest BCUT2D eigenvalue weighted by Crippen LogP contribution is 2.43. The minimum atomic E-state index is -1.01. The molecule has 0 aromatic rings. The third kappa shape index (κ3) is 8.25. The number of rotatable bonds is 12. The molecule has 2 N–H and O–H groups in total. The quantitative estimate of drug-likeness (QED) is 0.234. The molecule has 6 heteroatoms. The molecule has 2 rings (SSSR count). The van der Waals surface area contributed by atoms with Gasteiger partial charge in [-0.2, -0.15) is 0 Å². The molecule has 1 atom stereocenters. The van der Waals surface area contributed by atoms with E-state index in [9.17, 15) is 19.8 Å². The van der Waals surface area contributed by atoms with E-state index >= 15 is 0 Å². The van der Waals surface area contributed by atoms with Gasteiger partial charge >= 0.3 is 11.9 Å². The predicted octanol–water partition coefficient (Wildman–Crippen LogP) is 5.22. The van der Waals surface area contributed by atoms with E-state index in [0.717, 1.165) is 69.8 Å². The van der Waals surface area contributed by atoms with Crippen LogP contribution < -0.4 is 0 Å². The first-order valence-electron chi connectivity index (χ1n) is 13.0. The van der Waals surface area contributed by atoms with E-state index in [1.165, 1.54) is 12.8 Å². The molecular formula is C27H44O6. The van der Waals surface area contributed by atoms with Gasteiger partial charge in [0.2, 0.25) is 6.29 Å². The van der Waals surface area contributed by atoms with Crippen molar-refractivity contribution in [3.8, 4) is 0 Å². The first kappa shape index (κ1) is 27.6. The minimum Gasteiger partial charge on any atom is -0.422 e. The number of ether oxygens (including phenoxy) is 2. The molecule has 0 radical (unpaired) electrons. The van der Waals surface area contributed by atoms with Crippen LogP contribution in [-0.4, -0.2) is 41.7 Å². The van der Waals surface area contributed by atoms with Crippen LogP contribution in [0.5, 0.6) is 0 Å². The Hall–Kier alpha value is -1.66. The van der Waals surface area contributed by atoms with Crippen LogP contribution in [0.3, 0.4) is 0 Å². The smallest absolute Gasteiger partial charge is 0.337 e. The second-order valence-corrected chi connectivity index (χ2v) is 9.76. The van der Waals surface area contributed by atoms with Crippen LogP contribution in [0.4, 0.5) is 0 Å². The summed E-state index contributed by atoms with van der Waals surface area (Å²) in [5, 5.41) is 20.2. The van der Waals surface area contributed by atoms with Gasteiger partial charge in [0.1, 0.15) is 0 Å². The Morgan fingerprint density at radius 2 is 1.36 bits per heavy atom. The van der Waals surface area contributed by atoms with E-state index in [1.807, 2.05) is 6.92 Å². The maximum atomic E-state index is 13.6. The summed E-state index contributed by atoms with van der Waals surface area (Å²) >= 11 is 0. The highest BCUT2D eigenvalue weighted by Gasteiger charge is 2.35. The maximum absolute atomic E-state index is 13.6. The van der Waals surface area contributed by atoms with E-state index < -0.39 is 24.1 Å². The Kier molecular flexibility index (Phi) is 12.2. The second-order valence-electron chi connectivity index (χ2n) is 9.76. The zero-order valence-corrected chi connectivity index (χ0v) is 20.7. The minimum absolute atomic E-state index is 0.247. The topological polar surface area (TPSA) is 93.1 Å². The summed E-state index contributed by atoms with van der Waals surface area (Å²) in [6.07, 6.45) is 12.0. The third-order valence-corrected chi connectivity index (χ3v) is 7.09. The number of aliphatic hydroxyl groups is 2. The molecule has 0 amide bonds. The van der Waals surface area contributed by atoms with Crippen molar-refractivity contribution in [3.05, 3.63) is 23.3 Å². The molecule has 6 nitrogen and oxygen atoms in total. The maximum Gasteiger partial charge on any atom is 0.337 e. The van der Waals surface area contributed by atoms with Crippen LogP contribution in [0, 0.1) is 17.8 Å². The average molecular weight is 465 g/mol. The fourth-order valence-electron chi connectivity index (χ4n) is 5.28. The van der Waals surface area contributed by atoms with Crippen LogP contribution in [-0.2, 0) is 19.1 Å². The Morgan fingerprint density at radius 3 is 1.79 bits per heavy atom. The molecule has 0 saturated heterocycles. The van der Waals surface area contributed by atoms with Crippen LogP contribution in [0.1, 0.15) is 97.3 Å². The lowest BCUT2D eigenvalue weighted by Gasteiger charge is -2.36. The molecule has 0 aromatic heterocycles. The van der Waals surface area contributed by atoms with Gasteiger partial charge in [0.25, 0.3) is 0 Å². The van der Waals surface area contributed by atoms with Crippen molar-refractivity contribution in [2.45, 2.75) is 104 Å². The molecule has 33 heavy (non-hydrogen) atoms. The monoisotopic (exact) mass is 464 g/mol. The molecule has 0 bridgehead atoms. The summed E-state index contributed by atoms with van der Waals surface area (Å²) in [4.78, 5) is 25.8. The van der Waals surface area contributed by atoms with Crippen molar-refractivity contribution in [3.63, 3.8) is 0 Å². The SMILES string of the molecule is C=C(C)C(=O)OC(CCCC)OC(=O)C(=C(C1CCCCC1)C1CCCCC1)C(CO)CO. The number of hydrogen-bond acceptors (Lipinski definition) is 6. The molecule has 2 saturated carbocycles. The normalized spacial score (nSPS) is 18.6. The van der Waals surface area contributed by atoms with Gasteiger partial charge in [-0.25, -0.2) is 9.59 Å². The molecule has 0 heterocycles. The van der Waals surface area contributed by atoms with Crippen LogP contribution in [0.2, 0.25) is 0 Å². The lowest BCUT2D eigenvalue weighted by molar-refractivity contribution is -0.184. The van der Waals surface area contributed by atoms with Crippen LogP contribution in [0.25, 0.3) is 0 Å². The van der Waals surface area contributed by atoms with E-state index in [4.69, 9.17) is 9.47 Å². The zero-order valence-electron chi connectivity index (χ0n) is 20.7. The Labute approximate surface area is 199 Å². The largest absolute Gasteiger partial charge is 0.422 e. The number of carbonyl (C=O) groups excluding carboxylic acids is 2. The third-order valence-electron chi connectivity index (χ3n) is 7.09. The molecule has 1 unspecified atom stereocenters. The number of esters is 2. The van der Waals surface area contributed by atoms with E-state index in [0.29, 0.717) is 12.0 Å². The fraction of sp³-hybridized carbons (Fsp3) is 0.778. The highest BCUT2D eigenvalue weighted by molar-refractivity contribution is 5.91. The summed E-state index contributed by atoms with van der Waals surface area (Å²) in [5.41, 5.74) is 1.76. The predicted molar refractivity (Wildman–Crippen MR) is 128 cm³/mol. The summed E-state index contributed by atoms with van der Waals surface area (Å²) in [6.45, 7) is 6.54. The Balaban J connectivity index is 2.43. The first-order chi connectivity index (χ1) is 15.9. The standard InChI is InChI=1S/C27H44O6/c1-4-5-16-23(32-26(30)19(2)3)33-27(31)25(22(17-28)18-29)24(20-12-8-6-9-13-20)21-14-10-7-11-15-21/h20-23,28-29H,2,4-18H2,1,3H3. The van der Waals surface area contributed by atoms with Crippen molar-refractivity contribution < 1.29 is 29.3 Å². The number of aliphatic hydroxyl groups excluding tert-OH is 2. The van der Waals surface area contributed by atoms with Crippen molar-refractivity contribution >= 4 is 11.9 Å². The van der Waals surface area contributed by atoms with Gasteiger partial charge in [-0.1, -0.05) is 64.0 Å². The molecular weight excluding hydrogens is 420 g/mol. The lowest BCUT2D eigenvalue weighted by Crippen LogP contribution is -2.33. The van der Waals surface area contributed by atoms with Gasteiger partial charge in [-0.05, 0) is 50.9 Å². The Morgan fingerprint density at radius 1 is 0.879 bits per heavy atom. The second kappa shape index (κ2) is 14.6. The fourth-order valence-corrected chi connectivity index (χ4v) is 5.28. The highest BCUT2D eigenvalue weighted by atomic mass is 16.7. The zero-order chi connectivity index (χ0) is 24.2. The molecule has 188 valence electrons. The molecule has 0 aromatic carbocycles. The lowest BCUT2D eigenvalue weighted by atomic mass is 9.70. The van der Waals surface area contributed by atoms with Crippen molar-refractivity contribution in [1.29, 1.82) is 0 Å². The first-order valence-corrected chi connectivity index (χ1v) is 13.0. The van der Waals surface area contributed by atoms with Crippen LogP contribution >= 0.6 is 0 Å². The van der Waals surface area contributed by atoms with Gasteiger partial charge in [0.15, 0.2) is 0 Å². The number of unbranched alkanes of at least 4 members (excludes halogenated alkanes) is 1. The van der Waals surface area contributed by atoms with E-state index in [1.54, 1.807) is 6.92 Å². The summed E-state index contributed by atoms with van der Waals surface area (Å²) < 4.78 is 11.2. The summed E-state index contributed by atoms with van der Waals surface area (Å²) in [5.74, 6) is -1.30.